The first-order chi connectivity index (χ1) is 26.5. The van der Waals surface area contributed by atoms with Crippen molar-refractivity contribution in [3.8, 4) is 0 Å². The molecule has 1 unspecified atom stereocenters. The molecule has 5 rings (SSSR count). The van der Waals surface area contributed by atoms with Crippen LogP contribution in [0.4, 0.5) is 25.8 Å². The molecule has 0 bridgehead atoms. The van der Waals surface area contributed by atoms with Gasteiger partial charge in [0, 0.05) is 35.4 Å². The topological polar surface area (TPSA) is 232 Å². The van der Waals surface area contributed by atoms with Crippen molar-refractivity contribution in [2.75, 3.05) is 30.3 Å². The van der Waals surface area contributed by atoms with Gasteiger partial charge in [-0.05, 0) is 92.6 Å². The van der Waals surface area contributed by atoms with Gasteiger partial charge in [0.15, 0.2) is 0 Å². The molecule has 4 aromatic rings. The molecule has 55 heavy (non-hydrogen) atoms. The number of piperidine rings is 1. The van der Waals surface area contributed by atoms with E-state index in [2.05, 4.69) is 31.9 Å². The highest BCUT2D eigenvalue weighted by molar-refractivity contribution is 5.98. The van der Waals surface area contributed by atoms with Crippen molar-refractivity contribution in [3.05, 3.63) is 106 Å². The van der Waals surface area contributed by atoms with Gasteiger partial charge in [0.05, 0.1) is 0 Å². The van der Waals surface area contributed by atoms with E-state index in [-0.39, 0.29) is 32.1 Å². The zero-order valence-electron chi connectivity index (χ0n) is 30.4. The Labute approximate surface area is 316 Å². The molecular formula is C39H45N7O9. The van der Waals surface area contributed by atoms with Crippen molar-refractivity contribution >= 4 is 52.4 Å². The Bertz CT molecular complexity index is 2020. The predicted molar refractivity (Wildman–Crippen MR) is 204 cm³/mol. The molecule has 16 heteroatoms. The number of anilines is 2. The molecule has 0 saturated carbocycles. The number of fused-ring (bicyclic) bond motifs is 1. The third kappa shape index (κ3) is 12.3. The van der Waals surface area contributed by atoms with Gasteiger partial charge in [-0.2, -0.15) is 0 Å². The van der Waals surface area contributed by atoms with Gasteiger partial charge in [-0.25, -0.2) is 19.2 Å². The van der Waals surface area contributed by atoms with Crippen LogP contribution in [0, 0.1) is 12.8 Å². The van der Waals surface area contributed by atoms with Crippen LogP contribution < -0.4 is 43.3 Å². The van der Waals surface area contributed by atoms with Crippen LogP contribution in [-0.2, 0) is 32.3 Å². The maximum Gasteiger partial charge on any atom is 0.411 e. The largest absolute Gasteiger partial charge is 0.445 e. The minimum absolute atomic E-state index is 0.0240. The summed E-state index contributed by atoms with van der Waals surface area (Å²) in [7, 11) is 0. The van der Waals surface area contributed by atoms with Crippen LogP contribution in [-0.4, -0.2) is 61.7 Å². The summed E-state index contributed by atoms with van der Waals surface area (Å²) in [6, 6.07) is 19.3. The maximum absolute atomic E-state index is 13.8. The van der Waals surface area contributed by atoms with Gasteiger partial charge in [-0.15, -0.1) is 0 Å². The molecule has 1 aromatic heterocycles. The van der Waals surface area contributed by atoms with Crippen LogP contribution in [0.3, 0.4) is 0 Å². The van der Waals surface area contributed by atoms with Crippen LogP contribution in [0.5, 0.6) is 0 Å². The highest BCUT2D eigenvalue weighted by atomic mass is 16.6. The number of nitrogens with two attached hydrogens (primary N) is 1. The van der Waals surface area contributed by atoms with Crippen molar-refractivity contribution in [2.45, 2.75) is 57.9 Å². The molecule has 1 saturated heterocycles. The summed E-state index contributed by atoms with van der Waals surface area (Å²) in [5.41, 5.74) is 8.01. The molecule has 0 spiro atoms. The summed E-state index contributed by atoms with van der Waals surface area (Å²) < 4.78 is 16.0. The van der Waals surface area contributed by atoms with E-state index in [0.29, 0.717) is 54.9 Å². The first-order valence-corrected chi connectivity index (χ1v) is 17.9. The Balaban J connectivity index is 1.18. The monoisotopic (exact) mass is 755 g/mol. The lowest BCUT2D eigenvalue weighted by Crippen LogP contribution is -2.56. The second-order valence-corrected chi connectivity index (χ2v) is 13.1. The first kappa shape index (κ1) is 39.8. The number of benzene rings is 3. The fraction of sp³-hybridized carbons (Fsp3) is 0.333. The van der Waals surface area contributed by atoms with Gasteiger partial charge in [0.25, 0.3) is 0 Å². The van der Waals surface area contributed by atoms with Gasteiger partial charge < -0.3 is 46.2 Å². The Hall–Kier alpha value is -6.42. The predicted octanol–water partition coefficient (Wildman–Crippen LogP) is 4.02. The zero-order valence-corrected chi connectivity index (χ0v) is 30.4. The van der Waals surface area contributed by atoms with Gasteiger partial charge in [-0.1, -0.05) is 42.5 Å². The third-order valence-electron chi connectivity index (χ3n) is 9.01. The molecule has 3 aromatic carbocycles. The summed E-state index contributed by atoms with van der Waals surface area (Å²) in [6.07, 6.45) is 0.233. The van der Waals surface area contributed by atoms with E-state index >= 15 is 0 Å². The van der Waals surface area contributed by atoms with Crippen molar-refractivity contribution in [3.63, 3.8) is 0 Å². The Kier molecular flexibility index (Phi) is 14.2. The lowest BCUT2D eigenvalue weighted by Gasteiger charge is -2.31. The van der Waals surface area contributed by atoms with Gasteiger partial charge >= 0.3 is 23.8 Å². The summed E-state index contributed by atoms with van der Waals surface area (Å²) in [4.78, 5) is 75.7. The molecule has 2 heterocycles. The number of carbonyl (C=O) groups is 5. The van der Waals surface area contributed by atoms with Crippen molar-refractivity contribution in [2.24, 2.45) is 11.7 Å². The average molecular weight is 756 g/mol. The van der Waals surface area contributed by atoms with E-state index in [4.69, 9.17) is 19.6 Å². The van der Waals surface area contributed by atoms with Crippen molar-refractivity contribution < 1.29 is 37.9 Å². The number of hydrogen-bond acceptors (Lipinski definition) is 10. The van der Waals surface area contributed by atoms with E-state index in [1.807, 2.05) is 30.3 Å². The number of ether oxygens (including phenoxy) is 2. The molecule has 1 fully saturated rings. The molecule has 0 radical (unpaired) electrons. The van der Waals surface area contributed by atoms with Crippen LogP contribution in [0.1, 0.15) is 42.4 Å². The number of alkyl carbamates (subject to hydrolysis) is 1. The fourth-order valence-corrected chi connectivity index (χ4v) is 6.13. The number of primary amides is 1. The quantitative estimate of drug-likeness (QED) is 0.0680. The number of nitrogens with one attached hydrogen (secondary N) is 6. The van der Waals surface area contributed by atoms with Crippen LogP contribution in [0.25, 0.3) is 11.0 Å². The molecule has 6 amide bonds. The standard InChI is InChI=1S/C39H45N7O9/c1-24-20-33(47)55-32-21-29(13-14-30(24)32)44-38(51)53-23-26-9-11-28(12-10-26)43-35(48)31(8-5-17-42-37(40)50)45-36(49)34(27-15-18-41-19-16-27)46-39(52)54-22-25-6-3-2-4-7-25/h2-4,6-7,9-14,20-21,27,31,34,41H,5,8,15-19,22-23H2,1H3,(H,43,48)(H,44,51)(H,45,49)(H,46,52)(H3,40,42,50)/t31-,34?/m0/s1. The van der Waals surface area contributed by atoms with E-state index in [1.54, 1.807) is 43.3 Å². The number of urea groups is 1. The average Bonchev–Trinajstić information content (AvgIpc) is 3.17. The molecule has 1 aliphatic heterocycles. The molecule has 0 aliphatic carbocycles. The maximum atomic E-state index is 13.8. The minimum Gasteiger partial charge on any atom is -0.445 e. The molecule has 16 nitrogen and oxygen atoms in total. The van der Waals surface area contributed by atoms with Crippen LogP contribution in [0.15, 0.2) is 88.1 Å². The Morgan fingerprint density at radius 3 is 2.20 bits per heavy atom. The summed E-state index contributed by atoms with van der Waals surface area (Å²) >= 11 is 0. The van der Waals surface area contributed by atoms with Gasteiger partial charge in [-0.3, -0.25) is 14.9 Å². The fourth-order valence-electron chi connectivity index (χ4n) is 6.13. The summed E-state index contributed by atoms with van der Waals surface area (Å²) in [5.74, 6) is -1.27. The number of hydrogen-bond donors (Lipinski definition) is 7. The van der Waals surface area contributed by atoms with E-state index < -0.39 is 47.7 Å². The second-order valence-electron chi connectivity index (χ2n) is 13.1. The molecular weight excluding hydrogens is 710 g/mol. The highest BCUT2D eigenvalue weighted by Crippen LogP contribution is 2.22. The molecule has 2 atom stereocenters. The third-order valence-corrected chi connectivity index (χ3v) is 9.01. The van der Waals surface area contributed by atoms with E-state index in [1.165, 1.54) is 12.1 Å². The molecule has 290 valence electrons. The molecule has 8 N–H and O–H groups in total. The minimum atomic E-state index is -1.03. The number of aryl methyl sites for hydroxylation is 1. The Morgan fingerprint density at radius 2 is 1.49 bits per heavy atom. The lowest BCUT2D eigenvalue weighted by molar-refractivity contribution is -0.129. The number of amides is 6. The van der Waals surface area contributed by atoms with Crippen LogP contribution >= 0.6 is 0 Å². The lowest BCUT2D eigenvalue weighted by atomic mass is 9.89. The normalized spacial score (nSPS) is 13.8. The molecule has 1 aliphatic rings. The van der Waals surface area contributed by atoms with Gasteiger partial charge in [0.2, 0.25) is 11.8 Å². The van der Waals surface area contributed by atoms with Crippen LogP contribution in [0.2, 0.25) is 0 Å². The smallest absolute Gasteiger partial charge is 0.411 e. The highest BCUT2D eigenvalue weighted by Gasteiger charge is 2.34. The zero-order chi connectivity index (χ0) is 39.2. The van der Waals surface area contributed by atoms with E-state index in [9.17, 15) is 28.8 Å². The van der Waals surface area contributed by atoms with Gasteiger partial charge in [0.1, 0.15) is 30.9 Å². The second kappa shape index (κ2) is 19.6. The SMILES string of the molecule is Cc1cc(=O)oc2cc(NC(=O)OCc3ccc(NC(=O)[C@H](CCCNC(N)=O)NC(=O)C(NC(=O)OCc4ccccc4)C4CCNCC4)cc3)ccc12. The summed E-state index contributed by atoms with van der Waals surface area (Å²) in [6.45, 7) is 3.24. The number of carbonyl (C=O) groups excluding carboxylic acids is 5. The number of rotatable bonds is 15. The van der Waals surface area contributed by atoms with Crippen molar-refractivity contribution in [1.29, 1.82) is 0 Å². The Morgan fingerprint density at radius 1 is 0.818 bits per heavy atom. The first-order valence-electron chi connectivity index (χ1n) is 17.9. The van der Waals surface area contributed by atoms with E-state index in [0.717, 1.165) is 16.5 Å². The van der Waals surface area contributed by atoms with Crippen molar-refractivity contribution in [1.82, 2.24) is 21.3 Å². The summed E-state index contributed by atoms with van der Waals surface area (Å²) in [5, 5.41) is 17.4.